The first-order chi connectivity index (χ1) is 9.94. The van der Waals surface area contributed by atoms with Crippen molar-refractivity contribution in [3.8, 4) is 0 Å². The minimum atomic E-state index is -3.09. The van der Waals surface area contributed by atoms with E-state index >= 15 is 0 Å². The summed E-state index contributed by atoms with van der Waals surface area (Å²) in [5.41, 5.74) is -0.160. The zero-order chi connectivity index (χ0) is 15.5. The van der Waals surface area contributed by atoms with Crippen LogP contribution < -0.4 is 10.6 Å². The van der Waals surface area contributed by atoms with Gasteiger partial charge < -0.3 is 10.6 Å². The van der Waals surface area contributed by atoms with Crippen molar-refractivity contribution in [3.05, 3.63) is 22.2 Å². The lowest BCUT2D eigenvalue weighted by Gasteiger charge is -2.12. The van der Waals surface area contributed by atoms with Crippen LogP contribution in [0.3, 0.4) is 0 Å². The minimum Gasteiger partial charge on any atom is -0.370 e. The van der Waals surface area contributed by atoms with Crippen LogP contribution in [0.4, 0.5) is 17.3 Å². The Morgan fingerprint density at radius 2 is 2.19 bits per heavy atom. The van der Waals surface area contributed by atoms with Gasteiger partial charge in [0, 0.05) is 19.2 Å². The van der Waals surface area contributed by atoms with Crippen LogP contribution in [-0.4, -0.2) is 42.4 Å². The molecule has 1 saturated heterocycles. The average molecular weight is 314 g/mol. The molecule has 0 radical (unpaired) electrons. The van der Waals surface area contributed by atoms with Gasteiger partial charge in [-0.3, -0.25) is 10.1 Å². The summed E-state index contributed by atoms with van der Waals surface area (Å²) in [4.78, 5) is 14.6. The molecule has 1 aliphatic heterocycles. The fourth-order valence-corrected chi connectivity index (χ4v) is 4.07. The van der Waals surface area contributed by atoms with Gasteiger partial charge in [0.25, 0.3) is 0 Å². The lowest BCUT2D eigenvalue weighted by atomic mass is 10.2. The van der Waals surface area contributed by atoms with Crippen molar-refractivity contribution in [2.75, 3.05) is 29.5 Å². The summed E-state index contributed by atoms with van der Waals surface area (Å²) in [6.45, 7) is 2.67. The molecule has 0 saturated carbocycles. The van der Waals surface area contributed by atoms with Crippen molar-refractivity contribution in [3.63, 3.8) is 0 Å². The van der Waals surface area contributed by atoms with Crippen LogP contribution in [0.25, 0.3) is 0 Å². The highest BCUT2D eigenvalue weighted by molar-refractivity contribution is 7.92. The van der Waals surface area contributed by atoms with Crippen LogP contribution in [-0.2, 0) is 9.84 Å². The van der Waals surface area contributed by atoms with Crippen LogP contribution in [0.15, 0.2) is 12.1 Å². The minimum absolute atomic E-state index is 0.0977. The highest BCUT2D eigenvalue weighted by Crippen LogP contribution is 2.26. The van der Waals surface area contributed by atoms with Gasteiger partial charge in [-0.15, -0.1) is 0 Å². The molecular weight excluding hydrogens is 296 g/mol. The van der Waals surface area contributed by atoms with Gasteiger partial charge in [0.1, 0.15) is 5.82 Å². The van der Waals surface area contributed by atoms with Gasteiger partial charge in [-0.2, -0.15) is 0 Å². The van der Waals surface area contributed by atoms with Crippen LogP contribution in [0.2, 0.25) is 0 Å². The second-order valence-electron chi connectivity index (χ2n) is 4.86. The first kappa shape index (κ1) is 15.5. The highest BCUT2D eigenvalue weighted by Gasteiger charge is 2.31. The number of hydrogen-bond acceptors (Lipinski definition) is 7. The summed E-state index contributed by atoms with van der Waals surface area (Å²) >= 11 is 0. The van der Waals surface area contributed by atoms with E-state index in [0.717, 1.165) is 0 Å². The largest absolute Gasteiger partial charge is 0.370 e. The fourth-order valence-electron chi connectivity index (χ4n) is 2.31. The molecule has 8 nitrogen and oxygen atoms in total. The lowest BCUT2D eigenvalue weighted by Crippen LogP contribution is -2.25. The zero-order valence-corrected chi connectivity index (χ0v) is 12.5. The smallest absolute Gasteiger partial charge is 0.311 e. The molecule has 2 heterocycles. The Kier molecular flexibility index (Phi) is 4.61. The zero-order valence-electron chi connectivity index (χ0n) is 11.7. The summed E-state index contributed by atoms with van der Waals surface area (Å²) in [6, 6.07) is 2.88. The fraction of sp³-hybridized carbons (Fsp3) is 0.583. The Labute approximate surface area is 123 Å². The number of pyridine rings is 1. The van der Waals surface area contributed by atoms with Crippen LogP contribution >= 0.6 is 0 Å². The van der Waals surface area contributed by atoms with Gasteiger partial charge in [-0.05, 0) is 25.8 Å². The standard InChI is InChI=1S/C12H18N4O4S/c1-2-13-11-6-5-10(16(17)18)12(15-11)14-8-9-4-3-7-21(9,19)20/h5-6,9H,2-4,7-8H2,1H3,(H2,13,14,15). The summed E-state index contributed by atoms with van der Waals surface area (Å²) in [7, 11) is -3.09. The molecule has 0 aromatic carbocycles. The van der Waals surface area contributed by atoms with Crippen molar-refractivity contribution in [1.29, 1.82) is 0 Å². The molecule has 2 N–H and O–H groups in total. The average Bonchev–Trinajstić information content (AvgIpc) is 2.75. The third-order valence-electron chi connectivity index (χ3n) is 3.39. The number of nitro groups is 1. The van der Waals surface area contributed by atoms with E-state index in [1.54, 1.807) is 0 Å². The van der Waals surface area contributed by atoms with E-state index < -0.39 is 20.0 Å². The maximum atomic E-state index is 11.8. The number of anilines is 2. The molecule has 1 aromatic rings. The quantitative estimate of drug-likeness (QED) is 0.602. The van der Waals surface area contributed by atoms with E-state index in [4.69, 9.17) is 0 Å². The molecule has 21 heavy (non-hydrogen) atoms. The summed E-state index contributed by atoms with van der Waals surface area (Å²) in [6.07, 6.45) is 1.22. The molecule has 2 rings (SSSR count). The first-order valence-electron chi connectivity index (χ1n) is 6.79. The Morgan fingerprint density at radius 1 is 1.43 bits per heavy atom. The molecule has 1 fully saturated rings. The highest BCUT2D eigenvalue weighted by atomic mass is 32.2. The predicted octanol–water partition coefficient (Wildman–Crippen LogP) is 1.41. The SMILES string of the molecule is CCNc1ccc([N+](=O)[O-])c(NCC2CCCS2(=O)=O)n1. The van der Waals surface area contributed by atoms with E-state index in [-0.39, 0.29) is 23.8 Å². The van der Waals surface area contributed by atoms with Crippen molar-refractivity contribution >= 4 is 27.2 Å². The van der Waals surface area contributed by atoms with Crippen LogP contribution in [0, 0.1) is 10.1 Å². The Morgan fingerprint density at radius 3 is 2.76 bits per heavy atom. The van der Waals surface area contributed by atoms with Crippen molar-refractivity contribution in [2.24, 2.45) is 0 Å². The number of aromatic nitrogens is 1. The number of sulfone groups is 1. The van der Waals surface area contributed by atoms with Gasteiger partial charge >= 0.3 is 5.69 Å². The topological polar surface area (TPSA) is 114 Å². The summed E-state index contributed by atoms with van der Waals surface area (Å²) in [5, 5.41) is 16.3. The van der Waals surface area contributed by atoms with Crippen molar-refractivity contribution < 1.29 is 13.3 Å². The molecule has 1 aromatic heterocycles. The Bertz CT molecular complexity index is 632. The number of hydrogen-bond donors (Lipinski definition) is 2. The number of rotatable bonds is 6. The Balaban J connectivity index is 2.17. The van der Waals surface area contributed by atoms with Gasteiger partial charge in [0.15, 0.2) is 9.84 Å². The maximum absolute atomic E-state index is 11.8. The molecule has 0 spiro atoms. The third-order valence-corrected chi connectivity index (χ3v) is 5.66. The normalized spacial score (nSPS) is 20.1. The first-order valence-corrected chi connectivity index (χ1v) is 8.50. The monoisotopic (exact) mass is 314 g/mol. The lowest BCUT2D eigenvalue weighted by molar-refractivity contribution is -0.384. The van der Waals surface area contributed by atoms with Gasteiger partial charge in [-0.1, -0.05) is 0 Å². The predicted molar refractivity (Wildman–Crippen MR) is 80.4 cm³/mol. The van der Waals surface area contributed by atoms with E-state index in [1.165, 1.54) is 12.1 Å². The second-order valence-corrected chi connectivity index (χ2v) is 7.26. The summed E-state index contributed by atoms with van der Waals surface area (Å²) < 4.78 is 23.5. The molecular formula is C12H18N4O4S. The number of nitrogens with one attached hydrogen (secondary N) is 2. The van der Waals surface area contributed by atoms with E-state index in [9.17, 15) is 18.5 Å². The van der Waals surface area contributed by atoms with Crippen molar-refractivity contribution in [1.82, 2.24) is 4.98 Å². The molecule has 116 valence electrons. The molecule has 0 bridgehead atoms. The van der Waals surface area contributed by atoms with Crippen LogP contribution in [0.1, 0.15) is 19.8 Å². The second kappa shape index (κ2) is 6.25. The van der Waals surface area contributed by atoms with Gasteiger partial charge in [0.2, 0.25) is 5.82 Å². The molecule has 9 heteroatoms. The van der Waals surface area contributed by atoms with Gasteiger partial charge in [-0.25, -0.2) is 13.4 Å². The van der Waals surface area contributed by atoms with E-state index in [0.29, 0.717) is 25.2 Å². The number of nitrogens with zero attached hydrogens (tertiary/aromatic N) is 2. The van der Waals surface area contributed by atoms with Gasteiger partial charge in [0.05, 0.1) is 15.9 Å². The Hall–Kier alpha value is -1.90. The maximum Gasteiger partial charge on any atom is 0.311 e. The molecule has 0 aliphatic carbocycles. The van der Waals surface area contributed by atoms with Crippen molar-refractivity contribution in [2.45, 2.75) is 25.0 Å². The third kappa shape index (κ3) is 3.60. The van der Waals surface area contributed by atoms with E-state index in [1.807, 2.05) is 6.92 Å². The molecule has 1 aliphatic rings. The molecule has 1 atom stereocenters. The van der Waals surface area contributed by atoms with E-state index in [2.05, 4.69) is 15.6 Å². The summed E-state index contributed by atoms with van der Waals surface area (Å²) in [5.74, 6) is 0.798. The van der Waals surface area contributed by atoms with Crippen LogP contribution in [0.5, 0.6) is 0 Å². The molecule has 0 amide bonds. The molecule has 1 unspecified atom stereocenters.